The van der Waals surface area contributed by atoms with E-state index in [1.165, 1.54) is 18.2 Å². The molecule has 1 aromatic carbocycles. The lowest BCUT2D eigenvalue weighted by molar-refractivity contribution is -0.143. The summed E-state index contributed by atoms with van der Waals surface area (Å²) in [4.78, 5) is 12.8. The van der Waals surface area contributed by atoms with Crippen LogP contribution in [0.5, 0.6) is 0 Å². The third-order valence-electron chi connectivity index (χ3n) is 2.89. The van der Waals surface area contributed by atoms with Crippen LogP contribution in [-0.2, 0) is 16.0 Å². The molecule has 92 valence electrons. The van der Waals surface area contributed by atoms with Crippen molar-refractivity contribution in [3.8, 4) is 0 Å². The highest BCUT2D eigenvalue weighted by Gasteiger charge is 2.20. The summed E-state index contributed by atoms with van der Waals surface area (Å²) < 4.78 is 4.79. The molecule has 1 aliphatic heterocycles. The van der Waals surface area contributed by atoms with Gasteiger partial charge in [-0.3, -0.25) is 4.79 Å². The van der Waals surface area contributed by atoms with Gasteiger partial charge in [0.2, 0.25) is 0 Å². The smallest absolute Gasteiger partial charge is 0.302 e. The van der Waals surface area contributed by atoms with E-state index in [4.69, 9.17) is 4.74 Å². The summed E-state index contributed by atoms with van der Waals surface area (Å²) in [5, 5.41) is 9.77. The van der Waals surface area contributed by atoms with E-state index < -0.39 is 6.10 Å². The SMILES string of the molecule is CC(=O)OCC(O)CN1CCc2ccccc21. The third-order valence-corrected chi connectivity index (χ3v) is 2.89. The van der Waals surface area contributed by atoms with E-state index >= 15 is 0 Å². The maximum atomic E-state index is 10.6. The summed E-state index contributed by atoms with van der Waals surface area (Å²) >= 11 is 0. The second kappa shape index (κ2) is 5.19. The van der Waals surface area contributed by atoms with Crippen molar-refractivity contribution in [3.63, 3.8) is 0 Å². The highest BCUT2D eigenvalue weighted by molar-refractivity contribution is 5.65. The van der Waals surface area contributed by atoms with Crippen LogP contribution in [0.2, 0.25) is 0 Å². The Labute approximate surface area is 101 Å². The van der Waals surface area contributed by atoms with Crippen molar-refractivity contribution in [2.75, 3.05) is 24.6 Å². The molecule has 17 heavy (non-hydrogen) atoms. The fourth-order valence-corrected chi connectivity index (χ4v) is 2.12. The Morgan fingerprint density at radius 3 is 3.06 bits per heavy atom. The molecule has 1 atom stereocenters. The largest absolute Gasteiger partial charge is 0.463 e. The zero-order valence-corrected chi connectivity index (χ0v) is 9.93. The number of aliphatic hydroxyl groups excluding tert-OH is 1. The molecule has 1 heterocycles. The Kier molecular flexibility index (Phi) is 3.64. The number of rotatable bonds is 4. The Morgan fingerprint density at radius 2 is 2.29 bits per heavy atom. The van der Waals surface area contributed by atoms with Gasteiger partial charge in [0.1, 0.15) is 12.7 Å². The summed E-state index contributed by atoms with van der Waals surface area (Å²) in [7, 11) is 0. The zero-order chi connectivity index (χ0) is 12.3. The minimum Gasteiger partial charge on any atom is -0.463 e. The van der Waals surface area contributed by atoms with E-state index in [1.807, 2.05) is 12.1 Å². The molecule has 0 radical (unpaired) electrons. The molecule has 4 heteroatoms. The lowest BCUT2D eigenvalue weighted by Gasteiger charge is -2.22. The maximum Gasteiger partial charge on any atom is 0.302 e. The molecule has 0 aliphatic carbocycles. The van der Waals surface area contributed by atoms with Crippen molar-refractivity contribution < 1.29 is 14.6 Å². The lowest BCUT2D eigenvalue weighted by atomic mass is 10.2. The molecule has 1 unspecified atom stereocenters. The van der Waals surface area contributed by atoms with Gasteiger partial charge in [-0.2, -0.15) is 0 Å². The quantitative estimate of drug-likeness (QED) is 0.790. The molecule has 0 saturated heterocycles. The fourth-order valence-electron chi connectivity index (χ4n) is 2.12. The summed E-state index contributed by atoms with van der Waals surface area (Å²) in [6, 6.07) is 8.18. The number of fused-ring (bicyclic) bond motifs is 1. The first-order valence-corrected chi connectivity index (χ1v) is 5.81. The number of esters is 1. The third kappa shape index (κ3) is 2.97. The van der Waals surface area contributed by atoms with Crippen LogP contribution in [0.4, 0.5) is 5.69 Å². The summed E-state index contributed by atoms with van der Waals surface area (Å²) in [5.41, 5.74) is 2.49. The van der Waals surface area contributed by atoms with Crippen LogP contribution < -0.4 is 4.90 Å². The van der Waals surface area contributed by atoms with Gasteiger partial charge in [0, 0.05) is 25.7 Å². The molecule has 0 amide bonds. The first-order chi connectivity index (χ1) is 8.16. The molecule has 1 aliphatic rings. The number of hydrogen-bond acceptors (Lipinski definition) is 4. The monoisotopic (exact) mass is 235 g/mol. The van der Waals surface area contributed by atoms with E-state index in [0.717, 1.165) is 13.0 Å². The van der Waals surface area contributed by atoms with Crippen LogP contribution in [0.1, 0.15) is 12.5 Å². The van der Waals surface area contributed by atoms with Gasteiger partial charge in [-0.25, -0.2) is 0 Å². The molecular weight excluding hydrogens is 218 g/mol. The highest BCUT2D eigenvalue weighted by atomic mass is 16.5. The number of para-hydroxylation sites is 1. The summed E-state index contributed by atoms with van der Waals surface area (Å²) in [6.45, 7) is 2.83. The average Bonchev–Trinajstić information content (AvgIpc) is 2.70. The standard InChI is InChI=1S/C13H17NO3/c1-10(15)17-9-12(16)8-14-7-6-11-4-2-3-5-13(11)14/h2-5,12,16H,6-9H2,1H3. The Hall–Kier alpha value is -1.55. The first-order valence-electron chi connectivity index (χ1n) is 5.81. The van der Waals surface area contributed by atoms with Crippen molar-refractivity contribution in [2.45, 2.75) is 19.4 Å². The molecule has 0 bridgehead atoms. The number of β-amino-alcohol motifs (C(OH)–C–C–N with tert-alkyl or cyclic N) is 1. The molecule has 2 rings (SSSR count). The normalized spacial score (nSPS) is 15.5. The van der Waals surface area contributed by atoms with Crippen LogP contribution in [0, 0.1) is 0 Å². The predicted octanol–water partition coefficient (Wildman–Crippen LogP) is 0.973. The van der Waals surface area contributed by atoms with Crippen LogP contribution in [-0.4, -0.2) is 36.9 Å². The number of nitrogens with zero attached hydrogens (tertiary/aromatic N) is 1. The molecule has 0 aromatic heterocycles. The van der Waals surface area contributed by atoms with E-state index in [2.05, 4.69) is 17.0 Å². The number of anilines is 1. The second-order valence-electron chi connectivity index (χ2n) is 4.28. The van der Waals surface area contributed by atoms with E-state index in [-0.39, 0.29) is 12.6 Å². The first kappa shape index (κ1) is 11.9. The lowest BCUT2D eigenvalue weighted by Crippen LogP contribution is -2.34. The fraction of sp³-hybridized carbons (Fsp3) is 0.462. The van der Waals surface area contributed by atoms with Crippen LogP contribution in [0.15, 0.2) is 24.3 Å². The molecule has 0 spiro atoms. The number of carbonyl (C=O) groups excluding carboxylic acids is 1. The molecule has 0 fully saturated rings. The molecule has 4 nitrogen and oxygen atoms in total. The highest BCUT2D eigenvalue weighted by Crippen LogP contribution is 2.27. The van der Waals surface area contributed by atoms with Crippen molar-refractivity contribution in [2.24, 2.45) is 0 Å². The van der Waals surface area contributed by atoms with Crippen molar-refractivity contribution >= 4 is 11.7 Å². The molecule has 1 aromatic rings. The average molecular weight is 235 g/mol. The van der Waals surface area contributed by atoms with Crippen molar-refractivity contribution in [3.05, 3.63) is 29.8 Å². The van der Waals surface area contributed by atoms with Gasteiger partial charge in [-0.1, -0.05) is 18.2 Å². The van der Waals surface area contributed by atoms with Crippen molar-refractivity contribution in [1.29, 1.82) is 0 Å². The van der Waals surface area contributed by atoms with Gasteiger partial charge < -0.3 is 14.7 Å². The van der Waals surface area contributed by atoms with Gasteiger partial charge >= 0.3 is 5.97 Å². The Bertz CT molecular complexity index is 405. The topological polar surface area (TPSA) is 49.8 Å². The van der Waals surface area contributed by atoms with Gasteiger partial charge in [0.25, 0.3) is 0 Å². The van der Waals surface area contributed by atoms with Crippen LogP contribution in [0.3, 0.4) is 0 Å². The molecule has 0 saturated carbocycles. The number of aliphatic hydroxyl groups is 1. The maximum absolute atomic E-state index is 10.6. The van der Waals surface area contributed by atoms with Crippen LogP contribution >= 0.6 is 0 Å². The minimum absolute atomic E-state index is 0.0635. The molecule has 1 N–H and O–H groups in total. The Morgan fingerprint density at radius 1 is 1.53 bits per heavy atom. The van der Waals surface area contributed by atoms with Gasteiger partial charge in [0.15, 0.2) is 0 Å². The molecular formula is C13H17NO3. The summed E-state index contributed by atoms with van der Waals surface area (Å²) in [5.74, 6) is -0.356. The van der Waals surface area contributed by atoms with Gasteiger partial charge in [-0.05, 0) is 18.1 Å². The summed E-state index contributed by atoms with van der Waals surface area (Å²) in [6.07, 6.45) is 0.376. The van der Waals surface area contributed by atoms with Gasteiger partial charge in [0.05, 0.1) is 0 Å². The number of ether oxygens (including phenoxy) is 1. The van der Waals surface area contributed by atoms with E-state index in [1.54, 1.807) is 0 Å². The number of hydrogen-bond donors (Lipinski definition) is 1. The minimum atomic E-state index is -0.634. The van der Waals surface area contributed by atoms with Crippen LogP contribution in [0.25, 0.3) is 0 Å². The second-order valence-corrected chi connectivity index (χ2v) is 4.28. The zero-order valence-electron chi connectivity index (χ0n) is 9.93. The van der Waals surface area contributed by atoms with Gasteiger partial charge in [-0.15, -0.1) is 0 Å². The Balaban J connectivity index is 1.90. The number of carbonyl (C=O) groups is 1. The predicted molar refractivity (Wildman–Crippen MR) is 65.0 cm³/mol. The van der Waals surface area contributed by atoms with E-state index in [9.17, 15) is 9.90 Å². The van der Waals surface area contributed by atoms with Crippen molar-refractivity contribution in [1.82, 2.24) is 0 Å². The van der Waals surface area contributed by atoms with E-state index in [0.29, 0.717) is 6.54 Å². The number of benzene rings is 1.